The topological polar surface area (TPSA) is 102 Å². The molecule has 1 aliphatic rings. The van der Waals surface area contributed by atoms with E-state index in [0.717, 1.165) is 0 Å². The molecule has 0 saturated heterocycles. The van der Waals surface area contributed by atoms with E-state index in [2.05, 4.69) is 20.6 Å². The number of aromatic nitrogens is 2. The van der Waals surface area contributed by atoms with Crippen LogP contribution < -0.4 is 16.4 Å². The Kier molecular flexibility index (Phi) is 3.22. The highest BCUT2D eigenvalue weighted by Gasteiger charge is 2.28. The molecule has 98 valence electrons. The van der Waals surface area contributed by atoms with Crippen LogP contribution in [0.5, 0.6) is 0 Å². The lowest BCUT2D eigenvalue weighted by molar-refractivity contribution is 0.0520. The highest BCUT2D eigenvalue weighted by molar-refractivity contribution is 5.97. The summed E-state index contributed by atoms with van der Waals surface area (Å²) in [6.07, 6.45) is 0. The molecule has 1 aliphatic heterocycles. The Bertz CT molecular complexity index is 477. The van der Waals surface area contributed by atoms with Crippen LogP contribution in [-0.4, -0.2) is 34.6 Å². The van der Waals surface area contributed by atoms with E-state index in [1.165, 1.54) is 0 Å². The van der Waals surface area contributed by atoms with Crippen molar-refractivity contribution in [3.63, 3.8) is 0 Å². The quantitative estimate of drug-likeness (QED) is 0.669. The molecule has 2 rings (SSSR count). The molecular formula is C11H17N5O2. The standard InChI is InChI=1S/C11H17N5O2/c1-4-18-10(17)8-7-9(16-11(12)15-8)14-6(3)5(2)13-7/h5-6,13H,4H2,1-3H3,(H3,12,14,15,16). The molecule has 0 aliphatic carbocycles. The van der Waals surface area contributed by atoms with Crippen molar-refractivity contribution in [2.24, 2.45) is 0 Å². The molecule has 18 heavy (non-hydrogen) atoms. The van der Waals surface area contributed by atoms with Gasteiger partial charge in [-0.1, -0.05) is 0 Å². The lowest BCUT2D eigenvalue weighted by Crippen LogP contribution is -2.40. The Morgan fingerprint density at radius 3 is 2.67 bits per heavy atom. The molecule has 0 fully saturated rings. The van der Waals surface area contributed by atoms with Gasteiger partial charge in [-0.2, -0.15) is 4.98 Å². The van der Waals surface area contributed by atoms with Crippen LogP contribution in [0.3, 0.4) is 0 Å². The number of nitrogens with one attached hydrogen (secondary N) is 2. The number of carbonyl (C=O) groups excluding carboxylic acids is 1. The van der Waals surface area contributed by atoms with Gasteiger partial charge in [0, 0.05) is 12.1 Å². The maximum absolute atomic E-state index is 11.8. The fourth-order valence-electron chi connectivity index (χ4n) is 1.76. The van der Waals surface area contributed by atoms with Crippen LogP contribution in [0.2, 0.25) is 0 Å². The summed E-state index contributed by atoms with van der Waals surface area (Å²) in [7, 11) is 0. The van der Waals surface area contributed by atoms with Crippen LogP contribution in [-0.2, 0) is 4.74 Å². The van der Waals surface area contributed by atoms with Gasteiger partial charge < -0.3 is 21.1 Å². The van der Waals surface area contributed by atoms with E-state index in [1.54, 1.807) is 6.92 Å². The van der Waals surface area contributed by atoms with Crippen molar-refractivity contribution in [2.75, 3.05) is 23.0 Å². The fourth-order valence-corrected chi connectivity index (χ4v) is 1.76. The zero-order valence-corrected chi connectivity index (χ0v) is 10.7. The first-order chi connectivity index (χ1) is 8.52. The Morgan fingerprint density at radius 1 is 1.33 bits per heavy atom. The fraction of sp³-hybridized carbons (Fsp3) is 0.545. The van der Waals surface area contributed by atoms with E-state index >= 15 is 0 Å². The summed E-state index contributed by atoms with van der Waals surface area (Å²) in [4.78, 5) is 19.9. The Labute approximate surface area is 105 Å². The average molecular weight is 251 g/mol. The van der Waals surface area contributed by atoms with Crippen molar-refractivity contribution in [1.29, 1.82) is 0 Å². The number of ether oxygens (including phenoxy) is 1. The van der Waals surface area contributed by atoms with Gasteiger partial charge in [0.25, 0.3) is 0 Å². The molecule has 7 nitrogen and oxygen atoms in total. The number of nitrogens with zero attached hydrogens (tertiary/aromatic N) is 2. The van der Waals surface area contributed by atoms with Crippen molar-refractivity contribution in [3.05, 3.63) is 5.69 Å². The second-order valence-corrected chi connectivity index (χ2v) is 4.24. The van der Waals surface area contributed by atoms with Crippen LogP contribution >= 0.6 is 0 Å². The summed E-state index contributed by atoms with van der Waals surface area (Å²) < 4.78 is 4.96. The van der Waals surface area contributed by atoms with E-state index in [4.69, 9.17) is 10.5 Å². The Hall–Kier alpha value is -2.05. The Balaban J connectivity index is 2.45. The first-order valence-corrected chi connectivity index (χ1v) is 5.90. The first-order valence-electron chi connectivity index (χ1n) is 5.90. The molecule has 4 N–H and O–H groups in total. The third-order valence-electron chi connectivity index (χ3n) is 2.88. The summed E-state index contributed by atoms with van der Waals surface area (Å²) in [6.45, 7) is 6.05. The number of nitrogens with two attached hydrogens (primary N) is 1. The molecule has 0 aromatic carbocycles. The van der Waals surface area contributed by atoms with E-state index < -0.39 is 5.97 Å². The third kappa shape index (κ3) is 2.15. The third-order valence-corrected chi connectivity index (χ3v) is 2.88. The molecule has 2 unspecified atom stereocenters. The predicted molar refractivity (Wildman–Crippen MR) is 68.6 cm³/mol. The minimum absolute atomic E-state index is 0.0489. The van der Waals surface area contributed by atoms with Crippen molar-refractivity contribution < 1.29 is 9.53 Å². The highest BCUT2D eigenvalue weighted by atomic mass is 16.5. The average Bonchev–Trinajstić information content (AvgIpc) is 2.30. The van der Waals surface area contributed by atoms with Gasteiger partial charge >= 0.3 is 5.97 Å². The highest BCUT2D eigenvalue weighted by Crippen LogP contribution is 2.30. The monoisotopic (exact) mass is 251 g/mol. The molecule has 0 amide bonds. The lowest BCUT2D eigenvalue weighted by Gasteiger charge is -2.31. The molecule has 0 bridgehead atoms. The minimum atomic E-state index is -0.501. The number of carbonyl (C=O) groups is 1. The SMILES string of the molecule is CCOC(=O)c1nc(N)nc2c1NC(C)C(C)N2. The number of hydrogen-bond donors (Lipinski definition) is 3. The maximum atomic E-state index is 11.8. The molecule has 0 spiro atoms. The molecule has 0 radical (unpaired) electrons. The van der Waals surface area contributed by atoms with E-state index in [0.29, 0.717) is 11.5 Å². The van der Waals surface area contributed by atoms with Crippen molar-refractivity contribution in [3.8, 4) is 0 Å². The van der Waals surface area contributed by atoms with E-state index in [-0.39, 0.29) is 30.3 Å². The zero-order chi connectivity index (χ0) is 13.3. The van der Waals surface area contributed by atoms with Gasteiger partial charge in [-0.05, 0) is 20.8 Å². The zero-order valence-electron chi connectivity index (χ0n) is 10.7. The maximum Gasteiger partial charge on any atom is 0.359 e. The number of hydrogen-bond acceptors (Lipinski definition) is 7. The summed E-state index contributed by atoms with van der Waals surface area (Å²) in [5.41, 5.74) is 6.32. The van der Waals surface area contributed by atoms with Crippen LogP contribution in [0.15, 0.2) is 0 Å². The second kappa shape index (κ2) is 4.67. The van der Waals surface area contributed by atoms with Gasteiger partial charge in [-0.15, -0.1) is 0 Å². The van der Waals surface area contributed by atoms with Crippen LogP contribution in [0.25, 0.3) is 0 Å². The molecular weight excluding hydrogens is 234 g/mol. The molecule has 1 aromatic heterocycles. The van der Waals surface area contributed by atoms with Crippen LogP contribution in [0.4, 0.5) is 17.5 Å². The smallest absolute Gasteiger partial charge is 0.359 e. The van der Waals surface area contributed by atoms with Gasteiger partial charge in [-0.25, -0.2) is 9.78 Å². The van der Waals surface area contributed by atoms with Crippen molar-refractivity contribution in [1.82, 2.24) is 9.97 Å². The van der Waals surface area contributed by atoms with Gasteiger partial charge in [0.15, 0.2) is 11.5 Å². The van der Waals surface area contributed by atoms with Gasteiger partial charge in [0.1, 0.15) is 5.69 Å². The predicted octanol–water partition coefficient (Wildman–Crippen LogP) is 0.850. The summed E-state index contributed by atoms with van der Waals surface area (Å²) in [6, 6.07) is 0.333. The van der Waals surface area contributed by atoms with Crippen molar-refractivity contribution >= 4 is 23.4 Å². The van der Waals surface area contributed by atoms with Crippen molar-refractivity contribution in [2.45, 2.75) is 32.9 Å². The summed E-state index contributed by atoms with van der Waals surface area (Å²) in [5, 5.41) is 6.39. The second-order valence-electron chi connectivity index (χ2n) is 4.24. The molecule has 2 heterocycles. The van der Waals surface area contributed by atoms with Gasteiger partial charge in [0.05, 0.1) is 6.61 Å². The molecule has 7 heteroatoms. The molecule has 0 saturated carbocycles. The lowest BCUT2D eigenvalue weighted by atomic mass is 10.1. The largest absolute Gasteiger partial charge is 0.461 e. The normalized spacial score (nSPS) is 21.5. The van der Waals surface area contributed by atoms with Crippen LogP contribution in [0.1, 0.15) is 31.3 Å². The molecule has 2 atom stereocenters. The number of esters is 1. The number of rotatable bonds is 2. The number of nitrogen functional groups attached to an aromatic ring is 1. The van der Waals surface area contributed by atoms with Crippen LogP contribution in [0, 0.1) is 0 Å². The van der Waals surface area contributed by atoms with Gasteiger partial charge in [0.2, 0.25) is 5.95 Å². The summed E-state index contributed by atoms with van der Waals surface area (Å²) in [5.74, 6) is 0.0860. The van der Waals surface area contributed by atoms with E-state index in [1.807, 2.05) is 13.8 Å². The minimum Gasteiger partial charge on any atom is -0.461 e. The first kappa shape index (κ1) is 12.4. The Morgan fingerprint density at radius 2 is 2.00 bits per heavy atom. The van der Waals surface area contributed by atoms with Gasteiger partial charge in [-0.3, -0.25) is 0 Å². The number of fused-ring (bicyclic) bond motifs is 1. The van der Waals surface area contributed by atoms with E-state index in [9.17, 15) is 4.79 Å². The number of anilines is 3. The molecule has 1 aromatic rings. The summed E-state index contributed by atoms with van der Waals surface area (Å²) >= 11 is 0.